The topological polar surface area (TPSA) is 62.5 Å². The minimum Gasteiger partial charge on any atom is -0.740 e. The van der Waals surface area contributed by atoms with Crippen molar-refractivity contribution >= 4 is 11.4 Å². The lowest BCUT2D eigenvalue weighted by atomic mass is 10.6. The normalized spacial score (nSPS) is 13.0. The number of furan rings is 1. The van der Waals surface area contributed by atoms with E-state index in [1.54, 1.807) is 0 Å². The van der Waals surface area contributed by atoms with Gasteiger partial charge in [-0.2, -0.15) is 0 Å². The van der Waals surface area contributed by atoms with Gasteiger partial charge in [0, 0.05) is 6.07 Å². The van der Waals surface area contributed by atoms with Crippen LogP contribution in [0.4, 0.5) is 0 Å². The molecule has 4 nitrogen and oxygen atoms in total. The Labute approximate surface area is 53.9 Å². The highest BCUT2D eigenvalue weighted by molar-refractivity contribution is 7.74. The van der Waals surface area contributed by atoms with Crippen molar-refractivity contribution in [2.45, 2.75) is 0 Å². The summed E-state index contributed by atoms with van der Waals surface area (Å²) < 4.78 is 28.3. The van der Waals surface area contributed by atoms with E-state index < -0.39 is 11.4 Å². The minimum absolute atomic E-state index is 0.184. The van der Waals surface area contributed by atoms with Gasteiger partial charge in [-0.05, 0) is 0 Å². The number of hydrogen-bond acceptors (Lipinski definition) is 4. The van der Waals surface area contributed by atoms with Crippen molar-refractivity contribution in [3.63, 3.8) is 0 Å². The van der Waals surface area contributed by atoms with E-state index in [1.807, 2.05) is 0 Å². The van der Waals surface area contributed by atoms with Crippen LogP contribution in [0.15, 0.2) is 23.0 Å². The molecule has 0 aliphatic carbocycles. The van der Waals surface area contributed by atoms with Crippen molar-refractivity contribution in [2.75, 3.05) is 0 Å². The summed E-state index contributed by atoms with van der Waals surface area (Å²) in [7, 11) is 0. The Balaban J connectivity index is 2.58. The predicted molar refractivity (Wildman–Crippen MR) is 28.3 cm³/mol. The Hall–Kier alpha value is -0.810. The molecule has 0 bridgehead atoms. The lowest BCUT2D eigenvalue weighted by molar-refractivity contribution is 0.435. The average molecular weight is 147 g/mol. The zero-order valence-electron chi connectivity index (χ0n) is 4.27. The Morgan fingerprint density at radius 3 is 3.00 bits per heavy atom. The molecule has 0 fully saturated rings. The minimum atomic E-state index is -2.50. The second-order valence-corrected chi connectivity index (χ2v) is 1.82. The van der Waals surface area contributed by atoms with E-state index in [1.165, 1.54) is 18.6 Å². The molecule has 1 aromatic heterocycles. The molecule has 0 aromatic carbocycles. The van der Waals surface area contributed by atoms with Crippen LogP contribution in [0.3, 0.4) is 0 Å². The highest BCUT2D eigenvalue weighted by atomic mass is 32.2. The molecule has 0 aliphatic rings. The molecule has 5 heteroatoms. The number of rotatable bonds is 2. The molecule has 1 atom stereocenters. The third-order valence-electron chi connectivity index (χ3n) is 0.659. The molecule has 0 amide bonds. The molecule has 0 saturated carbocycles. The lowest BCUT2D eigenvalue weighted by Gasteiger charge is -2.01. The quantitative estimate of drug-likeness (QED) is 0.570. The molecule has 9 heavy (non-hydrogen) atoms. The lowest BCUT2D eigenvalue weighted by Crippen LogP contribution is -1.95. The van der Waals surface area contributed by atoms with E-state index >= 15 is 0 Å². The Morgan fingerprint density at radius 2 is 2.56 bits per heavy atom. The Morgan fingerprint density at radius 1 is 1.78 bits per heavy atom. The monoisotopic (exact) mass is 147 g/mol. The van der Waals surface area contributed by atoms with Crippen LogP contribution in [-0.2, 0) is 11.4 Å². The van der Waals surface area contributed by atoms with Crippen molar-refractivity contribution < 1.29 is 17.4 Å². The van der Waals surface area contributed by atoms with Gasteiger partial charge in [-0.1, -0.05) is 0 Å². The molecule has 0 aliphatic heterocycles. The fourth-order valence-electron chi connectivity index (χ4n) is 0.378. The molecule has 0 radical (unpaired) electrons. The highest BCUT2D eigenvalue weighted by Crippen LogP contribution is 2.09. The number of hydrogen-bond donors (Lipinski definition) is 0. The summed E-state index contributed by atoms with van der Waals surface area (Å²) in [4.78, 5) is 0. The smallest absolute Gasteiger partial charge is 0.177 e. The first-order chi connectivity index (χ1) is 4.29. The van der Waals surface area contributed by atoms with Gasteiger partial charge in [0.2, 0.25) is 0 Å². The third-order valence-corrected chi connectivity index (χ3v) is 0.988. The van der Waals surface area contributed by atoms with E-state index in [4.69, 9.17) is 0 Å². The molecule has 0 N–H and O–H groups in total. The summed E-state index contributed by atoms with van der Waals surface area (Å²) in [6, 6.07) is 1.40. The van der Waals surface area contributed by atoms with Crippen LogP contribution in [0.25, 0.3) is 0 Å². The van der Waals surface area contributed by atoms with E-state index in [2.05, 4.69) is 8.60 Å². The second kappa shape index (κ2) is 2.65. The van der Waals surface area contributed by atoms with Gasteiger partial charge in [0.05, 0.1) is 6.26 Å². The first kappa shape index (κ1) is 6.31. The van der Waals surface area contributed by atoms with Gasteiger partial charge in [0.15, 0.2) is 5.75 Å². The summed E-state index contributed by atoms with van der Waals surface area (Å²) in [6.45, 7) is 0. The highest BCUT2D eigenvalue weighted by Gasteiger charge is 1.91. The molecule has 1 unspecified atom stereocenters. The summed E-state index contributed by atoms with van der Waals surface area (Å²) in [6.07, 6.45) is 2.51. The van der Waals surface area contributed by atoms with E-state index in [0.717, 1.165) is 0 Å². The van der Waals surface area contributed by atoms with Crippen LogP contribution in [0.1, 0.15) is 0 Å². The summed E-state index contributed by atoms with van der Waals surface area (Å²) in [5.41, 5.74) is 0. The zero-order chi connectivity index (χ0) is 6.69. The first-order valence-electron chi connectivity index (χ1n) is 2.09. The van der Waals surface area contributed by atoms with Crippen LogP contribution < -0.4 is 4.18 Å². The van der Waals surface area contributed by atoms with Crippen LogP contribution in [0.2, 0.25) is 0 Å². The van der Waals surface area contributed by atoms with Crippen LogP contribution in [0, 0.1) is 0 Å². The fraction of sp³-hybridized carbons (Fsp3) is 0. The first-order valence-corrected chi connectivity index (χ1v) is 3.09. The Bertz CT molecular complexity index is 192. The van der Waals surface area contributed by atoms with Crippen molar-refractivity contribution in [3.8, 4) is 5.75 Å². The van der Waals surface area contributed by atoms with E-state index in [9.17, 15) is 8.76 Å². The van der Waals surface area contributed by atoms with Gasteiger partial charge in [-0.3, -0.25) is 0 Å². The van der Waals surface area contributed by atoms with E-state index in [0.29, 0.717) is 0 Å². The van der Waals surface area contributed by atoms with Gasteiger partial charge in [0.25, 0.3) is 0 Å². The third kappa shape index (κ3) is 1.87. The fourth-order valence-corrected chi connectivity index (χ4v) is 0.630. The van der Waals surface area contributed by atoms with Crippen LogP contribution in [0.5, 0.6) is 5.75 Å². The summed E-state index contributed by atoms with van der Waals surface area (Å²) >= 11 is -2.50. The van der Waals surface area contributed by atoms with Gasteiger partial charge >= 0.3 is 0 Å². The SMILES string of the molecule is O=S([O-])Oc1ccoc1. The maximum absolute atomic E-state index is 9.80. The summed E-state index contributed by atoms with van der Waals surface area (Å²) in [5, 5.41) is 0. The standard InChI is InChI=1S/C4H4O4S/c5-9(6)8-4-1-2-7-3-4/h1-3H,(H,5,6)/p-1. The molecular weight excluding hydrogens is 144 g/mol. The van der Waals surface area contributed by atoms with Crippen molar-refractivity contribution in [1.29, 1.82) is 0 Å². The van der Waals surface area contributed by atoms with Gasteiger partial charge < -0.3 is 13.2 Å². The summed E-state index contributed by atoms with van der Waals surface area (Å²) in [5.74, 6) is 0.184. The largest absolute Gasteiger partial charge is 0.740 e. The second-order valence-electron chi connectivity index (χ2n) is 1.25. The maximum atomic E-state index is 9.80. The molecule has 1 aromatic rings. The van der Waals surface area contributed by atoms with Gasteiger partial charge in [0.1, 0.15) is 17.6 Å². The maximum Gasteiger partial charge on any atom is 0.177 e. The van der Waals surface area contributed by atoms with Gasteiger partial charge in [-0.25, -0.2) is 4.21 Å². The molecular formula is C4H3O4S-. The average Bonchev–Trinajstić information content (AvgIpc) is 2.15. The molecule has 50 valence electrons. The van der Waals surface area contributed by atoms with Crippen molar-refractivity contribution in [1.82, 2.24) is 0 Å². The zero-order valence-corrected chi connectivity index (χ0v) is 5.09. The van der Waals surface area contributed by atoms with Crippen LogP contribution in [-0.4, -0.2) is 8.76 Å². The molecule has 1 rings (SSSR count). The Kier molecular flexibility index (Phi) is 1.86. The van der Waals surface area contributed by atoms with Crippen molar-refractivity contribution in [3.05, 3.63) is 18.6 Å². The van der Waals surface area contributed by atoms with Crippen molar-refractivity contribution in [2.24, 2.45) is 0 Å². The van der Waals surface area contributed by atoms with Crippen LogP contribution >= 0.6 is 0 Å². The molecule has 1 heterocycles. The molecule has 0 spiro atoms. The van der Waals surface area contributed by atoms with E-state index in [-0.39, 0.29) is 5.75 Å². The predicted octanol–water partition coefficient (Wildman–Crippen LogP) is 0.453. The van der Waals surface area contributed by atoms with Gasteiger partial charge in [-0.15, -0.1) is 0 Å². The molecule has 0 saturated heterocycles.